The molecule has 7 heteroatoms. The van der Waals surface area contributed by atoms with Crippen LogP contribution in [0.25, 0.3) is 6.08 Å². The Morgan fingerprint density at radius 1 is 1.15 bits per heavy atom. The molecule has 176 valence electrons. The van der Waals surface area contributed by atoms with E-state index in [0.29, 0.717) is 43.0 Å². The summed E-state index contributed by atoms with van der Waals surface area (Å²) >= 11 is 0. The number of ketones is 1. The van der Waals surface area contributed by atoms with Gasteiger partial charge in [0.05, 0.1) is 18.6 Å². The summed E-state index contributed by atoms with van der Waals surface area (Å²) in [5, 5.41) is 11.8. The number of benzene rings is 2. The van der Waals surface area contributed by atoms with Crippen LogP contribution in [0.1, 0.15) is 50.2 Å². The summed E-state index contributed by atoms with van der Waals surface area (Å²) in [6.45, 7) is 4.46. The highest BCUT2D eigenvalue weighted by molar-refractivity contribution is 6.00. The normalized spacial score (nSPS) is 15.6. The molecule has 0 amide bonds. The minimum atomic E-state index is -0.462. The predicted molar refractivity (Wildman–Crippen MR) is 129 cm³/mol. The molecule has 0 saturated carbocycles. The molecule has 7 nitrogen and oxygen atoms in total. The van der Waals surface area contributed by atoms with Crippen molar-refractivity contribution < 1.29 is 19.2 Å². The molecule has 0 bridgehead atoms. The second-order valence-corrected chi connectivity index (χ2v) is 8.28. The first kappa shape index (κ1) is 24.5. The summed E-state index contributed by atoms with van der Waals surface area (Å²) in [4.78, 5) is 26.1. The molecule has 3 rings (SSSR count). The largest absolute Gasteiger partial charge is 0.493 e. The fraction of sp³-hybridized carbons (Fsp3) is 0.423. The van der Waals surface area contributed by atoms with E-state index in [0.717, 1.165) is 32.2 Å². The van der Waals surface area contributed by atoms with E-state index in [-0.39, 0.29) is 17.2 Å². The van der Waals surface area contributed by atoms with Crippen LogP contribution in [0.5, 0.6) is 11.5 Å². The van der Waals surface area contributed by atoms with Crippen molar-refractivity contribution in [1.29, 1.82) is 0 Å². The van der Waals surface area contributed by atoms with Crippen molar-refractivity contribution >= 4 is 17.5 Å². The van der Waals surface area contributed by atoms with E-state index in [9.17, 15) is 14.9 Å². The molecule has 1 aliphatic heterocycles. The highest BCUT2D eigenvalue weighted by Crippen LogP contribution is 2.39. The van der Waals surface area contributed by atoms with E-state index in [1.54, 1.807) is 12.1 Å². The molecular formula is C26H32N2O5. The van der Waals surface area contributed by atoms with Crippen LogP contribution in [0.3, 0.4) is 0 Å². The third-order valence-electron chi connectivity index (χ3n) is 5.72. The van der Waals surface area contributed by atoms with Gasteiger partial charge in [-0.2, -0.15) is 0 Å². The number of nitrogens with zero attached hydrogens (tertiary/aromatic N) is 2. The molecule has 33 heavy (non-hydrogen) atoms. The average Bonchev–Trinajstić information content (AvgIpc) is 2.82. The lowest BCUT2D eigenvalue weighted by molar-refractivity contribution is -0.386. The third-order valence-corrected chi connectivity index (χ3v) is 5.72. The van der Waals surface area contributed by atoms with Gasteiger partial charge in [-0.15, -0.1) is 0 Å². The molecule has 2 aromatic rings. The van der Waals surface area contributed by atoms with E-state index in [1.807, 2.05) is 18.2 Å². The predicted octanol–water partition coefficient (Wildman–Crippen LogP) is 5.42. The summed E-state index contributed by atoms with van der Waals surface area (Å²) < 4.78 is 11.2. The summed E-state index contributed by atoms with van der Waals surface area (Å²) in [6, 6.07) is 13.3. The Hall–Kier alpha value is -3.19. The fourth-order valence-corrected chi connectivity index (χ4v) is 3.96. The van der Waals surface area contributed by atoms with Crippen molar-refractivity contribution in [1.82, 2.24) is 4.90 Å². The van der Waals surface area contributed by atoms with Gasteiger partial charge in [0.15, 0.2) is 11.5 Å². The fourth-order valence-electron chi connectivity index (χ4n) is 3.96. The van der Waals surface area contributed by atoms with Gasteiger partial charge in [-0.3, -0.25) is 19.8 Å². The van der Waals surface area contributed by atoms with E-state index in [4.69, 9.17) is 9.47 Å². The van der Waals surface area contributed by atoms with Gasteiger partial charge in [0, 0.05) is 37.7 Å². The van der Waals surface area contributed by atoms with Gasteiger partial charge in [0.2, 0.25) is 5.75 Å². The van der Waals surface area contributed by atoms with Crippen molar-refractivity contribution in [3.8, 4) is 11.5 Å². The number of carbonyl (C=O) groups excluding carboxylic acids is 1. The lowest BCUT2D eigenvalue weighted by Gasteiger charge is -2.28. The molecule has 1 saturated heterocycles. The second kappa shape index (κ2) is 12.2. The molecule has 0 spiro atoms. The lowest BCUT2D eigenvalue weighted by Crippen LogP contribution is -2.35. The molecule has 2 aromatic carbocycles. The number of nitro benzene ring substituents is 1. The van der Waals surface area contributed by atoms with Crippen LogP contribution < -0.4 is 9.47 Å². The third kappa shape index (κ3) is 6.89. The molecule has 1 fully saturated rings. The quantitative estimate of drug-likeness (QED) is 0.196. The van der Waals surface area contributed by atoms with Crippen LogP contribution in [0, 0.1) is 10.1 Å². The number of unbranched alkanes of at least 4 members (excludes halogenated alkanes) is 3. The first-order valence-corrected chi connectivity index (χ1v) is 11.5. The van der Waals surface area contributed by atoms with Crippen LogP contribution in [0.2, 0.25) is 0 Å². The Morgan fingerprint density at radius 3 is 2.64 bits per heavy atom. The van der Waals surface area contributed by atoms with Crippen LogP contribution >= 0.6 is 0 Å². The van der Waals surface area contributed by atoms with E-state index in [1.165, 1.54) is 18.7 Å². The molecular weight excluding hydrogens is 420 g/mol. The number of likely N-dealkylation sites (tertiary alicyclic amines) is 1. The lowest BCUT2D eigenvalue weighted by atomic mass is 9.99. The molecule has 0 unspecified atom stereocenters. The highest BCUT2D eigenvalue weighted by atomic mass is 16.6. The number of hydrogen-bond acceptors (Lipinski definition) is 6. The van der Waals surface area contributed by atoms with E-state index < -0.39 is 4.92 Å². The number of nitro groups is 1. The number of ether oxygens (including phenoxy) is 2. The monoisotopic (exact) mass is 452 g/mol. The van der Waals surface area contributed by atoms with E-state index in [2.05, 4.69) is 24.0 Å². The maximum absolute atomic E-state index is 12.6. The molecule has 0 N–H and O–H groups in total. The smallest absolute Gasteiger partial charge is 0.315 e. The minimum Gasteiger partial charge on any atom is -0.493 e. The maximum Gasteiger partial charge on any atom is 0.315 e. The molecule has 1 heterocycles. The summed E-state index contributed by atoms with van der Waals surface area (Å²) in [5.74, 6) is 0.509. The van der Waals surface area contributed by atoms with Crippen LogP contribution in [0.15, 0.2) is 48.0 Å². The standard InChI is InChI=1S/C26H32N2O5/c1-3-4-5-9-14-33-26-23(28(30)31)16-21(17-25(26)32-2)15-22-19-27(13-12-24(22)29)18-20-10-7-6-8-11-20/h6-8,10-11,15-17H,3-5,9,12-14,18-19H2,1-2H3/b22-15+. The number of piperidine rings is 1. The Kier molecular flexibility index (Phi) is 9.01. The Labute approximate surface area is 195 Å². The van der Waals surface area contributed by atoms with Gasteiger partial charge in [-0.05, 0) is 29.7 Å². The first-order valence-electron chi connectivity index (χ1n) is 11.5. The van der Waals surface area contributed by atoms with Crippen molar-refractivity contribution in [2.24, 2.45) is 0 Å². The van der Waals surface area contributed by atoms with Gasteiger partial charge in [-0.1, -0.05) is 56.5 Å². The number of carbonyl (C=O) groups is 1. The Balaban J connectivity index is 1.81. The number of Topliss-reactive ketones (excluding diaryl/α,β-unsaturated/α-hetero) is 1. The van der Waals surface area contributed by atoms with E-state index >= 15 is 0 Å². The average molecular weight is 453 g/mol. The van der Waals surface area contributed by atoms with Crippen molar-refractivity contribution in [2.45, 2.75) is 45.6 Å². The zero-order valence-electron chi connectivity index (χ0n) is 19.4. The zero-order valence-corrected chi connectivity index (χ0v) is 19.4. The van der Waals surface area contributed by atoms with Gasteiger partial charge in [0.25, 0.3) is 0 Å². The first-order chi connectivity index (χ1) is 16.0. The summed E-state index contributed by atoms with van der Waals surface area (Å²) in [7, 11) is 1.47. The Morgan fingerprint density at radius 2 is 1.94 bits per heavy atom. The molecule has 0 aromatic heterocycles. The molecule has 0 aliphatic carbocycles. The maximum atomic E-state index is 12.6. The minimum absolute atomic E-state index is 0.0668. The molecule has 0 atom stereocenters. The van der Waals surface area contributed by atoms with Gasteiger partial charge in [0.1, 0.15) is 0 Å². The van der Waals surface area contributed by atoms with Crippen LogP contribution in [-0.4, -0.2) is 42.4 Å². The topological polar surface area (TPSA) is 81.9 Å². The van der Waals surface area contributed by atoms with Crippen molar-refractivity contribution in [3.63, 3.8) is 0 Å². The SMILES string of the molecule is CCCCCCOc1c(OC)cc(/C=C2\CN(Cc3ccccc3)CCC2=O)cc1[N+](=O)[O-]. The summed E-state index contributed by atoms with van der Waals surface area (Å²) in [6.07, 6.45) is 6.21. The number of methoxy groups -OCH3 is 1. The van der Waals surface area contributed by atoms with Crippen molar-refractivity contribution in [2.75, 3.05) is 26.8 Å². The Bertz CT molecular complexity index is 988. The second-order valence-electron chi connectivity index (χ2n) is 8.28. The van der Waals surface area contributed by atoms with Gasteiger partial charge in [-0.25, -0.2) is 0 Å². The highest BCUT2D eigenvalue weighted by Gasteiger charge is 2.25. The van der Waals surface area contributed by atoms with Crippen LogP contribution in [-0.2, 0) is 11.3 Å². The van der Waals surface area contributed by atoms with Gasteiger partial charge >= 0.3 is 5.69 Å². The van der Waals surface area contributed by atoms with Crippen LogP contribution in [0.4, 0.5) is 5.69 Å². The van der Waals surface area contributed by atoms with Crippen molar-refractivity contribution in [3.05, 3.63) is 69.3 Å². The molecule has 0 radical (unpaired) electrons. The molecule has 1 aliphatic rings. The number of rotatable bonds is 11. The zero-order chi connectivity index (χ0) is 23.6. The summed E-state index contributed by atoms with van der Waals surface area (Å²) in [5.41, 5.74) is 2.23. The number of hydrogen-bond donors (Lipinski definition) is 0. The van der Waals surface area contributed by atoms with Gasteiger partial charge < -0.3 is 9.47 Å².